The van der Waals surface area contributed by atoms with E-state index >= 15 is 0 Å². The maximum absolute atomic E-state index is 11.5. The molecule has 0 saturated carbocycles. The molecule has 0 unspecified atom stereocenters. The molecule has 0 aliphatic carbocycles. The number of sulfone groups is 1. The molecule has 1 N–H and O–H groups in total. The zero-order chi connectivity index (χ0) is 15.7. The van der Waals surface area contributed by atoms with Gasteiger partial charge in [0, 0.05) is 24.7 Å². The molecule has 1 aliphatic heterocycles. The Bertz CT molecular complexity index is 750. The number of aromatic amines is 1. The van der Waals surface area contributed by atoms with Gasteiger partial charge < -0.3 is 4.98 Å². The van der Waals surface area contributed by atoms with E-state index in [-0.39, 0.29) is 0 Å². The lowest BCUT2D eigenvalue weighted by Crippen LogP contribution is -2.23. The molecule has 0 radical (unpaired) electrons. The molecule has 0 bridgehead atoms. The molecule has 6 heteroatoms. The molecule has 1 fully saturated rings. The zero-order valence-electron chi connectivity index (χ0n) is 12.9. The molecule has 1 saturated heterocycles. The van der Waals surface area contributed by atoms with Gasteiger partial charge in [-0.25, -0.2) is 13.4 Å². The number of rotatable bonds is 4. The van der Waals surface area contributed by atoms with Gasteiger partial charge >= 0.3 is 0 Å². The molecule has 2 aromatic rings. The Labute approximate surface area is 131 Å². The number of nitrogens with one attached hydrogen (secondary N) is 1. The average Bonchev–Trinajstić information content (AvgIpc) is 3.07. The van der Waals surface area contributed by atoms with Gasteiger partial charge in [0.2, 0.25) is 0 Å². The first-order valence-corrected chi connectivity index (χ1v) is 9.37. The molecule has 1 atom stereocenters. The summed E-state index contributed by atoms with van der Waals surface area (Å²) < 4.78 is 23.0. The topological polar surface area (TPSA) is 66.1 Å². The summed E-state index contributed by atoms with van der Waals surface area (Å²) in [4.78, 5) is 10.6. The van der Waals surface area contributed by atoms with E-state index in [0.717, 1.165) is 43.0 Å². The number of nitrogens with zero attached hydrogens (tertiary/aromatic N) is 2. The van der Waals surface area contributed by atoms with Crippen molar-refractivity contribution in [3.8, 4) is 0 Å². The second kappa shape index (κ2) is 5.85. The summed E-state index contributed by atoms with van der Waals surface area (Å²) in [5.41, 5.74) is 2.21. The highest BCUT2D eigenvalue weighted by molar-refractivity contribution is 7.90. The van der Waals surface area contributed by atoms with Crippen LogP contribution in [0.4, 0.5) is 0 Å². The van der Waals surface area contributed by atoms with Crippen LogP contribution < -0.4 is 0 Å². The van der Waals surface area contributed by atoms with Gasteiger partial charge in [-0.2, -0.15) is 0 Å². The highest BCUT2D eigenvalue weighted by Gasteiger charge is 2.28. The molecule has 0 spiro atoms. The monoisotopic (exact) mass is 319 g/mol. The molecule has 1 aliphatic rings. The summed E-state index contributed by atoms with van der Waals surface area (Å²) in [6.07, 6.45) is 5.37. The van der Waals surface area contributed by atoms with Gasteiger partial charge in [-0.1, -0.05) is 12.1 Å². The number of benzene rings is 1. The van der Waals surface area contributed by atoms with Crippen molar-refractivity contribution in [2.45, 2.75) is 37.2 Å². The van der Waals surface area contributed by atoms with E-state index in [4.69, 9.17) is 0 Å². The minimum Gasteiger partial charge on any atom is -0.345 e. The van der Waals surface area contributed by atoms with E-state index in [0.29, 0.717) is 10.9 Å². The summed E-state index contributed by atoms with van der Waals surface area (Å²) >= 11 is 0. The number of aryl methyl sites for hydroxylation is 1. The standard InChI is InChI=1S/C16H21N3O2S/c1-12-10-17-16(18-12)15-4-3-9-19(15)11-13-5-7-14(8-6-13)22(2,20)21/h5-8,10,15H,3-4,9,11H2,1-2H3,(H,17,18)/t15-/m1/s1. The number of imidazole rings is 1. The van der Waals surface area contributed by atoms with Crippen LogP contribution in [0.25, 0.3) is 0 Å². The van der Waals surface area contributed by atoms with Crippen molar-refractivity contribution in [2.75, 3.05) is 12.8 Å². The smallest absolute Gasteiger partial charge is 0.175 e. The summed E-state index contributed by atoms with van der Waals surface area (Å²) in [6.45, 7) is 3.87. The lowest BCUT2D eigenvalue weighted by atomic mass is 10.1. The quantitative estimate of drug-likeness (QED) is 0.940. The predicted molar refractivity (Wildman–Crippen MR) is 85.3 cm³/mol. The number of hydrogen-bond acceptors (Lipinski definition) is 4. The Kier molecular flexibility index (Phi) is 4.06. The first-order chi connectivity index (χ1) is 10.4. The van der Waals surface area contributed by atoms with Crippen LogP contribution in [-0.4, -0.2) is 36.1 Å². The molecule has 118 valence electrons. The van der Waals surface area contributed by atoms with Crippen molar-refractivity contribution in [3.05, 3.63) is 47.5 Å². The second-order valence-corrected chi connectivity index (χ2v) is 8.01. The zero-order valence-corrected chi connectivity index (χ0v) is 13.7. The molecule has 3 rings (SSSR count). The molecule has 0 amide bonds. The van der Waals surface area contributed by atoms with Crippen LogP contribution in [0.15, 0.2) is 35.4 Å². The van der Waals surface area contributed by atoms with Gasteiger partial charge in [0.05, 0.1) is 10.9 Å². The molecular formula is C16H21N3O2S. The Morgan fingerprint density at radius 2 is 2.05 bits per heavy atom. The van der Waals surface area contributed by atoms with Crippen molar-refractivity contribution in [2.24, 2.45) is 0 Å². The summed E-state index contributed by atoms with van der Waals surface area (Å²) in [7, 11) is -3.13. The first-order valence-electron chi connectivity index (χ1n) is 7.48. The van der Waals surface area contributed by atoms with Gasteiger partial charge in [0.25, 0.3) is 0 Å². The van der Waals surface area contributed by atoms with Crippen LogP contribution in [0, 0.1) is 6.92 Å². The fourth-order valence-corrected chi connectivity index (χ4v) is 3.63. The third-order valence-electron chi connectivity index (χ3n) is 4.14. The summed E-state index contributed by atoms with van der Waals surface area (Å²) in [5.74, 6) is 1.03. The minimum atomic E-state index is -3.13. The van der Waals surface area contributed by atoms with E-state index in [1.54, 1.807) is 12.1 Å². The Hall–Kier alpha value is -1.66. The van der Waals surface area contributed by atoms with E-state index in [1.165, 1.54) is 6.26 Å². The maximum Gasteiger partial charge on any atom is 0.175 e. The van der Waals surface area contributed by atoms with Crippen LogP contribution >= 0.6 is 0 Å². The van der Waals surface area contributed by atoms with Crippen LogP contribution in [0.2, 0.25) is 0 Å². The number of hydrogen-bond donors (Lipinski definition) is 1. The van der Waals surface area contributed by atoms with Crippen LogP contribution in [0.1, 0.15) is 36.0 Å². The Morgan fingerprint density at radius 1 is 1.32 bits per heavy atom. The molecule has 2 heterocycles. The molecule has 22 heavy (non-hydrogen) atoms. The predicted octanol–water partition coefficient (Wildman–Crippen LogP) is 2.46. The summed E-state index contributed by atoms with van der Waals surface area (Å²) in [5, 5.41) is 0. The van der Waals surface area contributed by atoms with Crippen LogP contribution in [0.5, 0.6) is 0 Å². The second-order valence-electron chi connectivity index (χ2n) is 6.00. The van der Waals surface area contributed by atoms with Gasteiger partial charge in [0.1, 0.15) is 5.82 Å². The number of H-pyrrole nitrogens is 1. The van der Waals surface area contributed by atoms with Crippen LogP contribution in [0.3, 0.4) is 0 Å². The molecule has 1 aromatic carbocycles. The van der Waals surface area contributed by atoms with Crippen molar-refractivity contribution >= 4 is 9.84 Å². The third-order valence-corrected chi connectivity index (χ3v) is 5.27. The number of likely N-dealkylation sites (tertiary alicyclic amines) is 1. The van der Waals surface area contributed by atoms with Crippen molar-refractivity contribution < 1.29 is 8.42 Å². The van der Waals surface area contributed by atoms with Crippen molar-refractivity contribution in [3.63, 3.8) is 0 Å². The van der Waals surface area contributed by atoms with Crippen LogP contribution in [-0.2, 0) is 16.4 Å². The fourth-order valence-electron chi connectivity index (χ4n) is 3.00. The van der Waals surface area contributed by atoms with E-state index in [9.17, 15) is 8.42 Å². The highest BCUT2D eigenvalue weighted by Crippen LogP contribution is 2.31. The normalized spacial score (nSPS) is 19.6. The number of aromatic nitrogens is 2. The van der Waals surface area contributed by atoms with E-state index in [1.807, 2.05) is 25.3 Å². The first kappa shape index (κ1) is 15.2. The largest absolute Gasteiger partial charge is 0.345 e. The van der Waals surface area contributed by atoms with Gasteiger partial charge in [-0.15, -0.1) is 0 Å². The van der Waals surface area contributed by atoms with E-state index < -0.39 is 9.84 Å². The third kappa shape index (κ3) is 3.23. The van der Waals surface area contributed by atoms with Gasteiger partial charge in [-0.05, 0) is 44.0 Å². The van der Waals surface area contributed by atoms with E-state index in [2.05, 4.69) is 14.9 Å². The summed E-state index contributed by atoms with van der Waals surface area (Å²) in [6, 6.07) is 7.50. The highest BCUT2D eigenvalue weighted by atomic mass is 32.2. The fraction of sp³-hybridized carbons (Fsp3) is 0.438. The van der Waals surface area contributed by atoms with Gasteiger partial charge in [-0.3, -0.25) is 4.90 Å². The average molecular weight is 319 g/mol. The minimum absolute atomic E-state index is 0.322. The maximum atomic E-state index is 11.5. The SMILES string of the molecule is Cc1cnc([C@H]2CCCN2Cc2ccc(S(C)(=O)=O)cc2)[nH]1. The Balaban J connectivity index is 1.74. The van der Waals surface area contributed by atoms with Crippen molar-refractivity contribution in [1.29, 1.82) is 0 Å². The molecule has 5 nitrogen and oxygen atoms in total. The van der Waals surface area contributed by atoms with Gasteiger partial charge in [0.15, 0.2) is 9.84 Å². The lowest BCUT2D eigenvalue weighted by Gasteiger charge is -2.23. The lowest BCUT2D eigenvalue weighted by molar-refractivity contribution is 0.240. The molecular weight excluding hydrogens is 298 g/mol. The van der Waals surface area contributed by atoms with Crippen molar-refractivity contribution in [1.82, 2.24) is 14.9 Å². The Morgan fingerprint density at radius 3 is 2.64 bits per heavy atom. The molecule has 1 aromatic heterocycles.